The summed E-state index contributed by atoms with van der Waals surface area (Å²) >= 11 is 0. The van der Waals surface area contributed by atoms with Crippen molar-refractivity contribution >= 4 is 11.1 Å². The van der Waals surface area contributed by atoms with Crippen molar-refractivity contribution in [1.29, 1.82) is 0 Å². The van der Waals surface area contributed by atoms with Crippen molar-refractivity contribution in [3.05, 3.63) is 95.6 Å². The minimum Gasteiger partial charge on any atom is -0.508 e. The summed E-state index contributed by atoms with van der Waals surface area (Å²) in [5.74, 6) is 1.14. The number of rotatable bonds is 14. The molecule has 4 nitrogen and oxygen atoms in total. The zero-order valence-electron chi connectivity index (χ0n) is 20.3. The topological polar surface area (TPSA) is 67.5 Å². The van der Waals surface area contributed by atoms with Gasteiger partial charge in [-0.05, 0) is 84.5 Å². The molecular formula is C30H38N2O2. The molecule has 4 N–H and O–H groups in total. The van der Waals surface area contributed by atoms with E-state index in [1.165, 1.54) is 36.0 Å². The van der Waals surface area contributed by atoms with E-state index in [9.17, 15) is 5.11 Å². The molecule has 4 heteroatoms. The van der Waals surface area contributed by atoms with Gasteiger partial charge < -0.3 is 20.9 Å². The molecular weight excluding hydrogens is 420 g/mol. The highest BCUT2D eigenvalue weighted by Crippen LogP contribution is 2.35. The van der Waals surface area contributed by atoms with E-state index in [1.54, 1.807) is 12.1 Å². The Labute approximate surface area is 204 Å². The average Bonchev–Trinajstić information content (AvgIpc) is 2.88. The molecule has 34 heavy (non-hydrogen) atoms. The Kier molecular flexibility index (Phi) is 10.7. The van der Waals surface area contributed by atoms with Crippen LogP contribution in [0.3, 0.4) is 0 Å². The number of hydrogen-bond acceptors (Lipinski definition) is 4. The third-order valence-corrected chi connectivity index (χ3v) is 5.93. The van der Waals surface area contributed by atoms with Gasteiger partial charge in [0.15, 0.2) is 0 Å². The van der Waals surface area contributed by atoms with E-state index in [0.29, 0.717) is 6.61 Å². The number of nitrogens with two attached hydrogens (primary N) is 1. The normalized spacial score (nSPS) is 11.8. The van der Waals surface area contributed by atoms with Gasteiger partial charge in [0.2, 0.25) is 0 Å². The van der Waals surface area contributed by atoms with E-state index in [1.807, 2.05) is 30.3 Å². The molecule has 0 aliphatic heterocycles. The fourth-order valence-electron chi connectivity index (χ4n) is 4.14. The van der Waals surface area contributed by atoms with Crippen LogP contribution in [-0.2, 0) is 0 Å². The second kappa shape index (κ2) is 14.2. The first-order valence-electron chi connectivity index (χ1n) is 12.4. The second-order valence-corrected chi connectivity index (χ2v) is 8.45. The Balaban J connectivity index is 1.68. The minimum absolute atomic E-state index is 0.272. The van der Waals surface area contributed by atoms with Gasteiger partial charge in [-0.3, -0.25) is 0 Å². The molecule has 0 amide bonds. The highest BCUT2D eigenvalue weighted by molar-refractivity contribution is 5.98. The number of nitrogens with one attached hydrogen (secondary N) is 1. The third-order valence-electron chi connectivity index (χ3n) is 5.93. The summed E-state index contributed by atoms with van der Waals surface area (Å²) in [7, 11) is 0. The molecule has 0 bridgehead atoms. The van der Waals surface area contributed by atoms with Gasteiger partial charge in [0.1, 0.15) is 18.1 Å². The van der Waals surface area contributed by atoms with E-state index < -0.39 is 0 Å². The van der Waals surface area contributed by atoms with Gasteiger partial charge in [-0.25, -0.2) is 0 Å². The van der Waals surface area contributed by atoms with Gasteiger partial charge in [0.25, 0.3) is 0 Å². The number of allylic oxidation sites excluding steroid dienone is 1. The molecule has 0 atom stereocenters. The van der Waals surface area contributed by atoms with Crippen LogP contribution >= 0.6 is 0 Å². The molecule has 3 aromatic carbocycles. The van der Waals surface area contributed by atoms with Crippen molar-refractivity contribution < 1.29 is 9.84 Å². The lowest BCUT2D eigenvalue weighted by Crippen LogP contribution is -2.22. The summed E-state index contributed by atoms with van der Waals surface area (Å²) < 4.78 is 5.95. The van der Waals surface area contributed by atoms with Gasteiger partial charge in [-0.15, -0.1) is 0 Å². The monoisotopic (exact) mass is 458 g/mol. The second-order valence-electron chi connectivity index (χ2n) is 8.45. The number of hydrogen-bond donors (Lipinski definition) is 3. The van der Waals surface area contributed by atoms with Crippen molar-refractivity contribution in [2.75, 3.05) is 26.2 Å². The Morgan fingerprint density at radius 2 is 1.41 bits per heavy atom. The highest BCUT2D eigenvalue weighted by Gasteiger charge is 2.13. The van der Waals surface area contributed by atoms with Crippen LogP contribution < -0.4 is 15.8 Å². The quantitative estimate of drug-likeness (QED) is 0.197. The Morgan fingerprint density at radius 3 is 2.06 bits per heavy atom. The molecule has 0 radical (unpaired) electrons. The van der Waals surface area contributed by atoms with Gasteiger partial charge in [-0.1, -0.05) is 74.4 Å². The van der Waals surface area contributed by atoms with Crippen LogP contribution in [0.1, 0.15) is 55.7 Å². The number of ether oxygens (including phenoxy) is 1. The van der Waals surface area contributed by atoms with Gasteiger partial charge in [0.05, 0.1) is 0 Å². The standard InChI is InChI=1S/C30H38N2O2/c1-2-29(24-10-6-5-7-11-24)30(25-12-16-27(33)17-13-25)26-14-18-28(19-15-26)34-23-22-32-21-9-4-3-8-20-31/h5-7,10-19,32-33H,2-4,8-9,20-23,31H2,1H3/b30-29-. The van der Waals surface area contributed by atoms with E-state index in [-0.39, 0.29) is 5.75 Å². The van der Waals surface area contributed by atoms with Crippen LogP contribution in [0.2, 0.25) is 0 Å². The maximum Gasteiger partial charge on any atom is 0.119 e. The summed E-state index contributed by atoms with van der Waals surface area (Å²) in [4.78, 5) is 0. The van der Waals surface area contributed by atoms with Crippen LogP contribution in [0.15, 0.2) is 78.9 Å². The number of aromatic hydroxyl groups is 1. The lowest BCUT2D eigenvalue weighted by Gasteiger charge is -2.17. The predicted molar refractivity (Wildman–Crippen MR) is 143 cm³/mol. The Bertz CT molecular complexity index is 996. The molecule has 0 aliphatic rings. The van der Waals surface area contributed by atoms with Crippen LogP contribution in [0.5, 0.6) is 11.5 Å². The van der Waals surface area contributed by atoms with Crippen molar-refractivity contribution in [1.82, 2.24) is 5.32 Å². The van der Waals surface area contributed by atoms with Crippen LogP contribution in [0.4, 0.5) is 0 Å². The van der Waals surface area contributed by atoms with Crippen molar-refractivity contribution in [3.8, 4) is 11.5 Å². The first-order valence-corrected chi connectivity index (χ1v) is 12.4. The SMILES string of the molecule is CC/C(=C(\c1ccc(O)cc1)c1ccc(OCCNCCCCCCN)cc1)c1ccccc1. The molecule has 0 unspecified atom stereocenters. The molecule has 0 aliphatic carbocycles. The highest BCUT2D eigenvalue weighted by atomic mass is 16.5. The smallest absolute Gasteiger partial charge is 0.119 e. The molecule has 0 aromatic heterocycles. The number of phenols is 1. The Morgan fingerprint density at radius 1 is 0.765 bits per heavy atom. The molecule has 3 rings (SSSR count). The third kappa shape index (κ3) is 7.75. The van der Waals surface area contributed by atoms with Crippen LogP contribution in [-0.4, -0.2) is 31.3 Å². The fraction of sp³-hybridized carbons (Fsp3) is 0.333. The molecule has 0 saturated heterocycles. The molecule has 0 heterocycles. The van der Waals surface area contributed by atoms with Crippen LogP contribution in [0, 0.1) is 0 Å². The van der Waals surface area contributed by atoms with Gasteiger partial charge in [-0.2, -0.15) is 0 Å². The van der Waals surface area contributed by atoms with Crippen molar-refractivity contribution in [2.45, 2.75) is 39.0 Å². The summed E-state index contributed by atoms with van der Waals surface area (Å²) in [6, 6.07) is 26.3. The lowest BCUT2D eigenvalue weighted by molar-refractivity contribution is 0.313. The Hall–Kier alpha value is -3.08. The summed E-state index contributed by atoms with van der Waals surface area (Å²) in [6.45, 7) is 5.48. The first-order chi connectivity index (χ1) is 16.7. The maximum atomic E-state index is 9.80. The fourth-order valence-corrected chi connectivity index (χ4v) is 4.14. The van der Waals surface area contributed by atoms with Crippen LogP contribution in [0.25, 0.3) is 11.1 Å². The molecule has 0 fully saturated rings. The number of benzene rings is 3. The van der Waals surface area contributed by atoms with E-state index in [2.05, 4.69) is 48.6 Å². The molecule has 0 saturated carbocycles. The zero-order chi connectivity index (χ0) is 24.0. The van der Waals surface area contributed by atoms with Gasteiger partial charge >= 0.3 is 0 Å². The largest absolute Gasteiger partial charge is 0.508 e. The average molecular weight is 459 g/mol. The summed E-state index contributed by atoms with van der Waals surface area (Å²) in [5.41, 5.74) is 11.4. The van der Waals surface area contributed by atoms with Gasteiger partial charge in [0, 0.05) is 6.54 Å². The van der Waals surface area contributed by atoms with E-state index in [4.69, 9.17) is 10.5 Å². The number of unbranched alkanes of at least 4 members (excludes halogenated alkanes) is 3. The van der Waals surface area contributed by atoms with E-state index >= 15 is 0 Å². The van der Waals surface area contributed by atoms with Crippen molar-refractivity contribution in [2.24, 2.45) is 5.73 Å². The summed E-state index contributed by atoms with van der Waals surface area (Å²) in [5, 5.41) is 13.2. The first kappa shape index (κ1) is 25.5. The maximum absolute atomic E-state index is 9.80. The van der Waals surface area contributed by atoms with E-state index in [0.717, 1.165) is 49.4 Å². The molecule has 180 valence electrons. The lowest BCUT2D eigenvalue weighted by atomic mass is 9.88. The molecule has 3 aromatic rings. The predicted octanol–water partition coefficient (Wildman–Crippen LogP) is 6.25. The molecule has 0 spiro atoms. The minimum atomic E-state index is 0.272. The van der Waals surface area contributed by atoms with Crippen molar-refractivity contribution in [3.63, 3.8) is 0 Å². The number of phenolic OH excluding ortho intramolecular Hbond substituents is 1. The summed E-state index contributed by atoms with van der Waals surface area (Å²) in [6.07, 6.45) is 5.64. The zero-order valence-corrected chi connectivity index (χ0v) is 20.3.